The Morgan fingerprint density at radius 1 is 1.25 bits per heavy atom. The maximum atomic E-state index is 13.1. The minimum atomic E-state index is -3.69. The summed E-state index contributed by atoms with van der Waals surface area (Å²) in [4.78, 5) is 34.0. The molecule has 1 aromatic carbocycles. The molecule has 12 heteroatoms. The number of anilines is 1. The number of nitrogens with two attached hydrogens (primary N) is 1. The molecule has 1 unspecified atom stereocenters. The highest BCUT2D eigenvalue weighted by Gasteiger charge is 2.26. The molecule has 2 heterocycles. The van der Waals surface area contributed by atoms with E-state index < -0.39 is 13.2 Å². The average Bonchev–Trinajstić information content (AvgIpc) is 3.18. The van der Waals surface area contributed by atoms with Crippen molar-refractivity contribution in [2.24, 2.45) is 0 Å². The molecule has 0 saturated carbocycles. The zero-order valence-electron chi connectivity index (χ0n) is 17.9. The number of nitrogens with one attached hydrogen (secondary N) is 1. The van der Waals surface area contributed by atoms with Gasteiger partial charge in [-0.3, -0.25) is 23.7 Å². The predicted octanol–water partition coefficient (Wildman–Crippen LogP) is 2.39. The minimum absolute atomic E-state index is 0.0202. The highest BCUT2D eigenvalue weighted by atomic mass is 31.2. The van der Waals surface area contributed by atoms with Crippen LogP contribution in [0.5, 0.6) is 0 Å². The van der Waals surface area contributed by atoms with E-state index in [-0.39, 0.29) is 56.4 Å². The van der Waals surface area contributed by atoms with Gasteiger partial charge >= 0.3 is 7.60 Å². The Balaban J connectivity index is 1.60. The Bertz CT molecular complexity index is 1170. The van der Waals surface area contributed by atoms with Crippen LogP contribution in [0.4, 0.5) is 5.95 Å². The van der Waals surface area contributed by atoms with Crippen LogP contribution in [0.1, 0.15) is 24.5 Å². The molecule has 3 N–H and O–H groups in total. The molecular formula is C20H26N5O6P. The van der Waals surface area contributed by atoms with Gasteiger partial charge in [-0.2, -0.15) is 4.98 Å². The number of carbonyl (C=O) groups is 1. The van der Waals surface area contributed by atoms with Crippen molar-refractivity contribution in [3.8, 4) is 0 Å². The number of H-pyrrole nitrogens is 1. The number of benzene rings is 1. The number of aromatic amines is 1. The highest BCUT2D eigenvalue weighted by Crippen LogP contribution is 2.49. The van der Waals surface area contributed by atoms with Gasteiger partial charge in [0.15, 0.2) is 16.9 Å². The van der Waals surface area contributed by atoms with Gasteiger partial charge in [-0.05, 0) is 12.5 Å². The highest BCUT2D eigenvalue weighted by molar-refractivity contribution is 7.53. The van der Waals surface area contributed by atoms with Crippen molar-refractivity contribution < 1.29 is 23.1 Å². The summed E-state index contributed by atoms with van der Waals surface area (Å²) in [5, 5.41) is 0. The quantitative estimate of drug-likeness (QED) is 0.305. The monoisotopic (exact) mass is 463 g/mol. The van der Waals surface area contributed by atoms with Crippen LogP contribution in [-0.4, -0.2) is 44.9 Å². The molecule has 0 aliphatic carbocycles. The summed E-state index contributed by atoms with van der Waals surface area (Å²) >= 11 is 0. The van der Waals surface area contributed by atoms with Crippen LogP contribution in [0.2, 0.25) is 0 Å². The van der Waals surface area contributed by atoms with Crippen molar-refractivity contribution in [3.63, 3.8) is 0 Å². The van der Waals surface area contributed by atoms with Gasteiger partial charge in [0.05, 0.1) is 19.5 Å². The lowest BCUT2D eigenvalue weighted by Gasteiger charge is -2.18. The molecule has 3 aromatic rings. The van der Waals surface area contributed by atoms with Gasteiger partial charge in [-0.1, -0.05) is 36.8 Å². The number of carbonyl (C=O) groups excluding carboxylic acids is 1. The standard InChI is InChI=1S/C20H26N5O6P/c1-3-16(26)11-31-32(28,30-10-15-6-4-14(2)5-7-15)13-29-9-8-25-12-22-17-18(25)23-20(21)24-19(17)27/h4-7,12H,3,8-11,13H2,1-2H3,(H3,21,23,24,27). The fourth-order valence-corrected chi connectivity index (χ4v) is 3.98. The lowest BCUT2D eigenvalue weighted by Crippen LogP contribution is -2.14. The van der Waals surface area contributed by atoms with Crippen molar-refractivity contribution >= 4 is 30.5 Å². The fraction of sp³-hybridized carbons (Fsp3) is 0.400. The van der Waals surface area contributed by atoms with Crippen molar-refractivity contribution in [3.05, 3.63) is 52.1 Å². The molecule has 0 aliphatic heterocycles. The molecule has 2 aromatic heterocycles. The lowest BCUT2D eigenvalue weighted by atomic mass is 10.2. The number of nitrogen functional groups attached to an aromatic ring is 1. The number of rotatable bonds is 12. The summed E-state index contributed by atoms with van der Waals surface area (Å²) in [6, 6.07) is 7.57. The molecule has 0 spiro atoms. The van der Waals surface area contributed by atoms with Crippen molar-refractivity contribution in [2.45, 2.75) is 33.4 Å². The largest absolute Gasteiger partial charge is 0.369 e. The van der Waals surface area contributed by atoms with Gasteiger partial charge in [0.25, 0.3) is 5.56 Å². The number of imidazole rings is 1. The van der Waals surface area contributed by atoms with Crippen molar-refractivity contribution in [1.29, 1.82) is 0 Å². The van der Waals surface area contributed by atoms with Crippen LogP contribution in [0, 0.1) is 6.92 Å². The van der Waals surface area contributed by atoms with Gasteiger partial charge in [0, 0.05) is 13.0 Å². The Labute approximate surface area is 184 Å². The summed E-state index contributed by atoms with van der Waals surface area (Å²) in [5.74, 6) is -0.212. The number of aromatic nitrogens is 4. The maximum absolute atomic E-state index is 13.1. The van der Waals surface area contributed by atoms with E-state index in [1.807, 2.05) is 31.2 Å². The van der Waals surface area contributed by atoms with Crippen LogP contribution in [0.25, 0.3) is 11.2 Å². The van der Waals surface area contributed by atoms with Gasteiger partial charge in [-0.15, -0.1) is 0 Å². The first-order valence-corrected chi connectivity index (χ1v) is 11.8. The number of hydrogen-bond donors (Lipinski definition) is 2. The SMILES string of the molecule is CCC(=O)COP(=O)(COCCn1cnc2c(=O)[nH]c(N)nc21)OCc1ccc(C)cc1. The summed E-state index contributed by atoms with van der Waals surface area (Å²) in [6.07, 6.45) is 1.38. The Morgan fingerprint density at radius 3 is 2.72 bits per heavy atom. The van der Waals surface area contributed by atoms with Crippen LogP contribution in [0.3, 0.4) is 0 Å². The molecule has 0 saturated heterocycles. The second kappa shape index (κ2) is 10.6. The molecule has 0 aliphatic rings. The number of hydrogen-bond acceptors (Lipinski definition) is 9. The van der Waals surface area contributed by atoms with E-state index >= 15 is 0 Å². The molecule has 0 fully saturated rings. The second-order valence-corrected chi connectivity index (χ2v) is 9.13. The predicted molar refractivity (Wildman–Crippen MR) is 118 cm³/mol. The van der Waals surface area contributed by atoms with E-state index in [0.29, 0.717) is 5.65 Å². The summed E-state index contributed by atoms with van der Waals surface area (Å²) in [7, 11) is -3.69. The number of fused-ring (bicyclic) bond motifs is 1. The first kappa shape index (κ1) is 23.8. The first-order chi connectivity index (χ1) is 15.3. The molecular weight excluding hydrogens is 437 g/mol. The summed E-state index contributed by atoms with van der Waals surface area (Å²) in [5.41, 5.74) is 7.54. The molecule has 172 valence electrons. The molecule has 3 rings (SSSR count). The van der Waals surface area contributed by atoms with Gasteiger partial charge in [0.1, 0.15) is 13.0 Å². The second-order valence-electron chi connectivity index (χ2n) is 7.13. The third-order valence-electron chi connectivity index (χ3n) is 4.58. The van der Waals surface area contributed by atoms with E-state index in [4.69, 9.17) is 19.5 Å². The van der Waals surface area contributed by atoms with Crippen LogP contribution in [0.15, 0.2) is 35.4 Å². The molecule has 11 nitrogen and oxygen atoms in total. The van der Waals surface area contributed by atoms with Gasteiger partial charge in [0.2, 0.25) is 5.95 Å². The normalized spacial score (nSPS) is 13.3. The third-order valence-corrected chi connectivity index (χ3v) is 6.13. The lowest BCUT2D eigenvalue weighted by molar-refractivity contribution is -0.121. The average molecular weight is 463 g/mol. The number of ketones is 1. The van der Waals surface area contributed by atoms with E-state index in [0.717, 1.165) is 11.1 Å². The van der Waals surface area contributed by atoms with E-state index in [2.05, 4.69) is 15.0 Å². The van der Waals surface area contributed by atoms with Gasteiger partial charge in [-0.25, -0.2) is 4.98 Å². The van der Waals surface area contributed by atoms with Crippen LogP contribution in [-0.2, 0) is 36.3 Å². The van der Waals surface area contributed by atoms with Crippen LogP contribution >= 0.6 is 7.60 Å². The van der Waals surface area contributed by atoms with Crippen LogP contribution < -0.4 is 11.3 Å². The molecule has 0 amide bonds. The Hall–Kier alpha value is -2.85. The topological polar surface area (TPSA) is 151 Å². The van der Waals surface area contributed by atoms with E-state index in [1.54, 1.807) is 11.5 Å². The Morgan fingerprint density at radius 2 is 2.00 bits per heavy atom. The number of Topliss-reactive ketones (excluding diaryl/α,β-unsaturated/α-hetero) is 1. The number of aryl methyl sites for hydroxylation is 1. The van der Waals surface area contributed by atoms with Crippen molar-refractivity contribution in [1.82, 2.24) is 19.5 Å². The molecule has 0 bridgehead atoms. The molecule has 32 heavy (non-hydrogen) atoms. The zero-order chi connectivity index (χ0) is 23.1. The third kappa shape index (κ3) is 6.33. The Kier molecular flexibility index (Phi) is 7.92. The zero-order valence-corrected chi connectivity index (χ0v) is 18.8. The maximum Gasteiger partial charge on any atom is 0.356 e. The van der Waals surface area contributed by atoms with E-state index in [1.165, 1.54) is 6.33 Å². The molecule has 1 atom stereocenters. The first-order valence-electron chi connectivity index (χ1n) is 10.0. The summed E-state index contributed by atoms with van der Waals surface area (Å²) in [6.45, 7) is 3.79. The van der Waals surface area contributed by atoms with E-state index in [9.17, 15) is 14.2 Å². The minimum Gasteiger partial charge on any atom is -0.369 e. The number of ether oxygens (including phenoxy) is 1. The van der Waals surface area contributed by atoms with Crippen molar-refractivity contribution in [2.75, 3.05) is 25.3 Å². The fourth-order valence-electron chi connectivity index (χ4n) is 2.72. The summed E-state index contributed by atoms with van der Waals surface area (Å²) < 4.78 is 31.1. The number of nitrogens with zero attached hydrogens (tertiary/aromatic N) is 3. The van der Waals surface area contributed by atoms with Gasteiger partial charge < -0.3 is 19.6 Å². The smallest absolute Gasteiger partial charge is 0.356 e. The molecule has 0 radical (unpaired) electrons.